The van der Waals surface area contributed by atoms with Crippen LogP contribution in [0.25, 0.3) is 0 Å². The van der Waals surface area contributed by atoms with E-state index in [4.69, 9.17) is 4.74 Å². The average Bonchev–Trinajstić information content (AvgIpc) is 2.87. The molecule has 1 atom stereocenters. The molecule has 4 heteroatoms. The Bertz CT molecular complexity index is 491. The average molecular weight is 246 g/mol. The van der Waals surface area contributed by atoms with Crippen molar-refractivity contribution in [3.63, 3.8) is 0 Å². The van der Waals surface area contributed by atoms with E-state index in [9.17, 15) is 5.11 Å². The van der Waals surface area contributed by atoms with E-state index in [-0.39, 0.29) is 0 Å². The van der Waals surface area contributed by atoms with Gasteiger partial charge in [-0.3, -0.25) is 4.68 Å². The van der Waals surface area contributed by atoms with Gasteiger partial charge >= 0.3 is 0 Å². The van der Waals surface area contributed by atoms with Gasteiger partial charge in [0.05, 0.1) is 12.3 Å². The molecular weight excluding hydrogens is 228 g/mol. The topological polar surface area (TPSA) is 47.3 Å². The zero-order valence-electron chi connectivity index (χ0n) is 10.7. The molecule has 0 saturated carbocycles. The Morgan fingerprint density at radius 1 is 1.28 bits per heavy atom. The first-order valence-corrected chi connectivity index (χ1v) is 6.03. The molecule has 0 bridgehead atoms. The highest BCUT2D eigenvalue weighted by Crippen LogP contribution is 2.22. The number of aliphatic hydroxyl groups excluding tert-OH is 1. The molecule has 1 N–H and O–H groups in total. The number of hydrogen-bond donors (Lipinski definition) is 1. The van der Waals surface area contributed by atoms with Crippen molar-refractivity contribution in [3.8, 4) is 0 Å². The normalized spacial score (nSPS) is 12.6. The lowest BCUT2D eigenvalue weighted by Gasteiger charge is -2.13. The van der Waals surface area contributed by atoms with Crippen molar-refractivity contribution in [2.45, 2.75) is 26.2 Å². The van der Waals surface area contributed by atoms with Crippen LogP contribution in [0.1, 0.15) is 29.8 Å². The van der Waals surface area contributed by atoms with Crippen LogP contribution in [0.2, 0.25) is 0 Å². The van der Waals surface area contributed by atoms with E-state index < -0.39 is 6.10 Å². The van der Waals surface area contributed by atoms with Crippen molar-refractivity contribution in [2.75, 3.05) is 7.11 Å². The summed E-state index contributed by atoms with van der Waals surface area (Å²) in [5.41, 5.74) is 2.78. The van der Waals surface area contributed by atoms with E-state index in [0.717, 1.165) is 23.4 Å². The lowest BCUT2D eigenvalue weighted by molar-refractivity contribution is 0.184. The van der Waals surface area contributed by atoms with Gasteiger partial charge in [-0.15, -0.1) is 0 Å². The Hall–Kier alpha value is -1.65. The van der Waals surface area contributed by atoms with Gasteiger partial charge in [-0.2, -0.15) is 5.10 Å². The number of aliphatic hydroxyl groups is 1. The first kappa shape index (κ1) is 12.8. The van der Waals surface area contributed by atoms with Crippen LogP contribution >= 0.6 is 0 Å². The van der Waals surface area contributed by atoms with Gasteiger partial charge in [0.1, 0.15) is 6.10 Å². The first-order chi connectivity index (χ1) is 8.76. The summed E-state index contributed by atoms with van der Waals surface area (Å²) < 4.78 is 6.86. The first-order valence-electron chi connectivity index (χ1n) is 6.03. The standard InChI is InChI=1S/C14H18N2O2/c1-3-16-13(8-9-15-16)14(17)12-6-4-11(5-7-12)10-18-2/h4-9,14,17H,3,10H2,1-2H3. The van der Waals surface area contributed by atoms with Crippen molar-refractivity contribution < 1.29 is 9.84 Å². The molecule has 0 amide bonds. The van der Waals surface area contributed by atoms with E-state index >= 15 is 0 Å². The highest BCUT2D eigenvalue weighted by atomic mass is 16.5. The maximum absolute atomic E-state index is 10.3. The highest BCUT2D eigenvalue weighted by molar-refractivity contribution is 5.28. The Balaban J connectivity index is 2.20. The Kier molecular flexibility index (Phi) is 4.12. The van der Waals surface area contributed by atoms with Crippen LogP contribution in [-0.4, -0.2) is 22.0 Å². The number of ether oxygens (including phenoxy) is 1. The van der Waals surface area contributed by atoms with Crippen molar-refractivity contribution in [2.24, 2.45) is 0 Å². The summed E-state index contributed by atoms with van der Waals surface area (Å²) in [5.74, 6) is 0. The molecule has 1 aromatic heterocycles. The van der Waals surface area contributed by atoms with Gasteiger partial charge < -0.3 is 9.84 Å². The van der Waals surface area contributed by atoms with Crippen LogP contribution in [0.3, 0.4) is 0 Å². The lowest BCUT2D eigenvalue weighted by atomic mass is 10.0. The van der Waals surface area contributed by atoms with Crippen LogP contribution in [0.4, 0.5) is 0 Å². The van der Waals surface area contributed by atoms with E-state index in [1.165, 1.54) is 0 Å². The minimum absolute atomic E-state index is 0.587. The number of rotatable bonds is 5. The second kappa shape index (κ2) is 5.80. The van der Waals surface area contributed by atoms with Crippen LogP contribution in [0.5, 0.6) is 0 Å². The van der Waals surface area contributed by atoms with Crippen LogP contribution < -0.4 is 0 Å². The predicted molar refractivity (Wildman–Crippen MR) is 69.1 cm³/mol. The predicted octanol–water partition coefficient (Wildman–Crippen LogP) is 2.13. The maximum Gasteiger partial charge on any atom is 0.121 e. The monoisotopic (exact) mass is 246 g/mol. The molecule has 4 nitrogen and oxygen atoms in total. The smallest absolute Gasteiger partial charge is 0.121 e. The number of nitrogens with zero attached hydrogens (tertiary/aromatic N) is 2. The molecule has 0 radical (unpaired) electrons. The molecule has 0 fully saturated rings. The third kappa shape index (κ3) is 2.60. The molecule has 18 heavy (non-hydrogen) atoms. The van der Waals surface area contributed by atoms with Gasteiger partial charge in [-0.05, 0) is 24.1 Å². The third-order valence-corrected chi connectivity index (χ3v) is 2.94. The summed E-state index contributed by atoms with van der Waals surface area (Å²) in [6.45, 7) is 3.34. The fraction of sp³-hybridized carbons (Fsp3) is 0.357. The van der Waals surface area contributed by atoms with Gasteiger partial charge in [0, 0.05) is 19.9 Å². The lowest BCUT2D eigenvalue weighted by Crippen LogP contribution is -2.09. The molecule has 96 valence electrons. The van der Waals surface area contributed by atoms with Crippen molar-refractivity contribution in [1.29, 1.82) is 0 Å². The SMILES string of the molecule is CCn1nccc1C(O)c1ccc(COC)cc1. The number of aromatic nitrogens is 2. The van der Waals surface area contributed by atoms with Crippen molar-refractivity contribution >= 4 is 0 Å². The molecule has 0 saturated heterocycles. The molecule has 1 unspecified atom stereocenters. The molecule has 0 aliphatic carbocycles. The van der Waals surface area contributed by atoms with Gasteiger partial charge in [-0.1, -0.05) is 24.3 Å². The Labute approximate surface area is 107 Å². The maximum atomic E-state index is 10.3. The zero-order chi connectivity index (χ0) is 13.0. The second-order valence-electron chi connectivity index (χ2n) is 4.15. The molecule has 1 heterocycles. The zero-order valence-corrected chi connectivity index (χ0v) is 10.7. The largest absolute Gasteiger partial charge is 0.382 e. The van der Waals surface area contributed by atoms with Crippen molar-refractivity contribution in [3.05, 3.63) is 53.3 Å². The molecule has 0 aliphatic rings. The minimum Gasteiger partial charge on any atom is -0.382 e. The fourth-order valence-electron chi connectivity index (χ4n) is 1.97. The van der Waals surface area contributed by atoms with Gasteiger partial charge in [0.2, 0.25) is 0 Å². The highest BCUT2D eigenvalue weighted by Gasteiger charge is 2.14. The Morgan fingerprint density at radius 2 is 2.00 bits per heavy atom. The molecule has 2 rings (SSSR count). The molecular formula is C14H18N2O2. The fourth-order valence-corrected chi connectivity index (χ4v) is 1.97. The number of hydrogen-bond acceptors (Lipinski definition) is 3. The van der Waals surface area contributed by atoms with E-state index in [2.05, 4.69) is 5.10 Å². The van der Waals surface area contributed by atoms with Gasteiger partial charge in [-0.25, -0.2) is 0 Å². The van der Waals surface area contributed by atoms with E-state index in [1.807, 2.05) is 37.3 Å². The van der Waals surface area contributed by atoms with E-state index in [1.54, 1.807) is 18.0 Å². The quantitative estimate of drug-likeness (QED) is 0.879. The summed E-state index contributed by atoms with van der Waals surface area (Å²) in [6.07, 6.45) is 1.07. The van der Waals surface area contributed by atoms with Gasteiger partial charge in [0.25, 0.3) is 0 Å². The van der Waals surface area contributed by atoms with E-state index in [0.29, 0.717) is 6.61 Å². The number of aryl methyl sites for hydroxylation is 1. The number of methoxy groups -OCH3 is 1. The third-order valence-electron chi connectivity index (χ3n) is 2.94. The number of benzene rings is 1. The van der Waals surface area contributed by atoms with Crippen LogP contribution in [0, 0.1) is 0 Å². The van der Waals surface area contributed by atoms with Gasteiger partial charge in [0.15, 0.2) is 0 Å². The Morgan fingerprint density at radius 3 is 2.61 bits per heavy atom. The molecule has 0 spiro atoms. The molecule has 1 aromatic carbocycles. The summed E-state index contributed by atoms with van der Waals surface area (Å²) in [6, 6.07) is 9.62. The molecule has 0 aliphatic heterocycles. The molecule has 2 aromatic rings. The summed E-state index contributed by atoms with van der Waals surface area (Å²) in [7, 11) is 1.67. The van der Waals surface area contributed by atoms with Crippen molar-refractivity contribution in [1.82, 2.24) is 9.78 Å². The summed E-state index contributed by atoms with van der Waals surface area (Å²) in [5, 5.41) is 14.5. The second-order valence-corrected chi connectivity index (χ2v) is 4.15. The minimum atomic E-state index is -0.635. The summed E-state index contributed by atoms with van der Waals surface area (Å²) in [4.78, 5) is 0. The van der Waals surface area contributed by atoms with Crippen LogP contribution in [-0.2, 0) is 17.9 Å². The summed E-state index contributed by atoms with van der Waals surface area (Å²) >= 11 is 0. The van der Waals surface area contributed by atoms with Crippen LogP contribution in [0.15, 0.2) is 36.5 Å².